The number of nitrogens with one attached hydrogen (secondary N) is 2. The van der Waals surface area contributed by atoms with Crippen LogP contribution in [0.5, 0.6) is 0 Å². The van der Waals surface area contributed by atoms with Gasteiger partial charge < -0.3 is 14.9 Å². The minimum Gasteiger partial charge on any atom is -0.478 e. The summed E-state index contributed by atoms with van der Waals surface area (Å²) in [5.74, 6) is 0.224. The highest BCUT2D eigenvalue weighted by molar-refractivity contribution is 5.88. The fourth-order valence-electron chi connectivity index (χ4n) is 3.13. The van der Waals surface area contributed by atoms with Crippen LogP contribution in [0.1, 0.15) is 54.3 Å². The topological polar surface area (TPSA) is 104 Å². The van der Waals surface area contributed by atoms with E-state index in [9.17, 15) is 9.59 Å². The molecule has 0 atom stereocenters. The average Bonchev–Trinajstić information content (AvgIpc) is 3.23. The van der Waals surface area contributed by atoms with Crippen LogP contribution < -0.4 is 10.6 Å². The molecule has 1 aliphatic carbocycles. The van der Waals surface area contributed by atoms with E-state index in [-0.39, 0.29) is 17.5 Å². The monoisotopic (exact) mass is 343 g/mol. The number of anilines is 1. The summed E-state index contributed by atoms with van der Waals surface area (Å²) in [7, 11) is 0. The number of aromatic nitrogens is 1. The molecule has 0 bridgehead atoms. The van der Waals surface area contributed by atoms with E-state index in [0.717, 1.165) is 24.2 Å². The smallest absolute Gasteiger partial charge is 0.335 e. The predicted molar refractivity (Wildman–Crippen MR) is 91.6 cm³/mol. The van der Waals surface area contributed by atoms with Gasteiger partial charge in [0.15, 0.2) is 5.82 Å². The van der Waals surface area contributed by atoms with Gasteiger partial charge in [0.2, 0.25) is 0 Å². The number of amides is 2. The zero-order valence-electron chi connectivity index (χ0n) is 14.0. The first-order valence-electron chi connectivity index (χ1n) is 8.31. The van der Waals surface area contributed by atoms with Gasteiger partial charge in [-0.05, 0) is 30.5 Å². The van der Waals surface area contributed by atoms with Gasteiger partial charge in [-0.15, -0.1) is 0 Å². The predicted octanol–water partition coefficient (Wildman–Crippen LogP) is 3.53. The molecule has 25 heavy (non-hydrogen) atoms. The molecular weight excluding hydrogens is 322 g/mol. The van der Waals surface area contributed by atoms with Crippen LogP contribution in [0, 0.1) is 0 Å². The molecule has 3 rings (SSSR count). The minimum atomic E-state index is -0.977. The molecule has 1 aromatic heterocycles. The fraction of sp³-hybridized carbons (Fsp3) is 0.389. The number of hydrogen-bond donors (Lipinski definition) is 3. The second-order valence-corrected chi connectivity index (χ2v) is 6.65. The number of aromatic carboxylic acids is 1. The Morgan fingerprint density at radius 1 is 1.24 bits per heavy atom. The number of benzene rings is 1. The molecule has 0 saturated heterocycles. The first-order valence-corrected chi connectivity index (χ1v) is 8.31. The van der Waals surface area contributed by atoms with E-state index in [1.165, 1.54) is 25.0 Å². The average molecular weight is 343 g/mol. The normalized spacial score (nSPS) is 15.7. The molecule has 3 N–H and O–H groups in total. The number of carbonyl (C=O) groups excluding carboxylic acids is 1. The van der Waals surface area contributed by atoms with Crippen LogP contribution in [0.2, 0.25) is 0 Å². The Morgan fingerprint density at radius 2 is 1.92 bits per heavy atom. The molecule has 2 aromatic rings. The Kier molecular flexibility index (Phi) is 4.74. The van der Waals surface area contributed by atoms with Crippen LogP contribution in [0.25, 0.3) is 0 Å². The van der Waals surface area contributed by atoms with Crippen molar-refractivity contribution in [1.82, 2.24) is 10.5 Å². The first-order chi connectivity index (χ1) is 12.0. The summed E-state index contributed by atoms with van der Waals surface area (Å²) in [6.45, 7) is 2.44. The molecule has 1 fully saturated rings. The SMILES string of the molecule is CC1(c2cc(NC(=O)NCc3ccc(C(=O)O)cc3)no2)CCCC1. The highest BCUT2D eigenvalue weighted by Crippen LogP contribution is 2.41. The summed E-state index contributed by atoms with van der Waals surface area (Å²) in [6, 6.07) is 7.73. The molecule has 0 aliphatic heterocycles. The Labute approximate surface area is 145 Å². The number of carboxylic acids is 1. The lowest BCUT2D eigenvalue weighted by atomic mass is 9.86. The fourth-order valence-corrected chi connectivity index (χ4v) is 3.13. The molecule has 0 unspecified atom stereocenters. The van der Waals surface area contributed by atoms with Gasteiger partial charge in [0.25, 0.3) is 0 Å². The zero-order chi connectivity index (χ0) is 17.9. The number of urea groups is 1. The highest BCUT2D eigenvalue weighted by atomic mass is 16.5. The summed E-state index contributed by atoms with van der Waals surface area (Å²) in [5, 5.41) is 18.1. The summed E-state index contributed by atoms with van der Waals surface area (Å²) < 4.78 is 5.40. The van der Waals surface area contributed by atoms with E-state index < -0.39 is 12.0 Å². The van der Waals surface area contributed by atoms with Crippen LogP contribution in [0.3, 0.4) is 0 Å². The lowest BCUT2D eigenvalue weighted by Gasteiger charge is -2.18. The Morgan fingerprint density at radius 3 is 2.56 bits per heavy atom. The van der Waals surface area contributed by atoms with Gasteiger partial charge in [0.1, 0.15) is 5.76 Å². The van der Waals surface area contributed by atoms with Crippen molar-refractivity contribution in [1.29, 1.82) is 0 Å². The molecule has 1 aliphatic rings. The zero-order valence-corrected chi connectivity index (χ0v) is 14.0. The minimum absolute atomic E-state index is 0.00922. The van der Waals surface area contributed by atoms with Gasteiger partial charge in [-0.2, -0.15) is 0 Å². The van der Waals surface area contributed by atoms with Crippen LogP contribution in [0.4, 0.5) is 10.6 Å². The van der Waals surface area contributed by atoms with Crippen LogP contribution in [-0.2, 0) is 12.0 Å². The van der Waals surface area contributed by atoms with E-state index in [4.69, 9.17) is 9.63 Å². The van der Waals surface area contributed by atoms with Gasteiger partial charge in [-0.1, -0.05) is 37.1 Å². The number of carboxylic acid groups (broad SMARTS) is 1. The molecule has 1 heterocycles. The van der Waals surface area contributed by atoms with E-state index in [1.54, 1.807) is 18.2 Å². The Balaban J connectivity index is 1.52. The number of nitrogens with zero attached hydrogens (tertiary/aromatic N) is 1. The Hall–Kier alpha value is -2.83. The largest absolute Gasteiger partial charge is 0.478 e. The molecule has 132 valence electrons. The van der Waals surface area contributed by atoms with Crippen molar-refractivity contribution in [2.24, 2.45) is 0 Å². The number of carbonyl (C=O) groups is 2. The number of rotatable bonds is 5. The lowest BCUT2D eigenvalue weighted by molar-refractivity contribution is 0.0697. The van der Waals surface area contributed by atoms with Crippen LogP contribution in [-0.4, -0.2) is 22.3 Å². The van der Waals surface area contributed by atoms with E-state index in [2.05, 4.69) is 22.7 Å². The van der Waals surface area contributed by atoms with Gasteiger partial charge in [0.05, 0.1) is 5.56 Å². The quantitative estimate of drug-likeness (QED) is 0.770. The molecule has 7 nitrogen and oxygen atoms in total. The van der Waals surface area contributed by atoms with Gasteiger partial charge >= 0.3 is 12.0 Å². The van der Waals surface area contributed by atoms with E-state index >= 15 is 0 Å². The van der Waals surface area contributed by atoms with Gasteiger partial charge in [-0.25, -0.2) is 9.59 Å². The van der Waals surface area contributed by atoms with Crippen molar-refractivity contribution in [2.45, 2.75) is 44.6 Å². The van der Waals surface area contributed by atoms with Crippen molar-refractivity contribution in [3.8, 4) is 0 Å². The highest BCUT2D eigenvalue weighted by Gasteiger charge is 2.34. The first kappa shape index (κ1) is 17.0. The van der Waals surface area contributed by atoms with Gasteiger partial charge in [0, 0.05) is 18.0 Å². The standard InChI is InChI=1S/C18H21N3O4/c1-18(8-2-3-9-18)14-10-15(21-25-14)20-17(24)19-11-12-4-6-13(7-5-12)16(22)23/h4-7,10H,2-3,8-9,11H2,1H3,(H,22,23)(H2,19,20,21,24). The molecule has 1 aromatic carbocycles. The van der Waals surface area contributed by atoms with E-state index in [0.29, 0.717) is 5.82 Å². The van der Waals surface area contributed by atoms with E-state index in [1.807, 2.05) is 0 Å². The van der Waals surface area contributed by atoms with Crippen molar-refractivity contribution in [2.75, 3.05) is 5.32 Å². The van der Waals surface area contributed by atoms with Crippen molar-refractivity contribution < 1.29 is 19.2 Å². The van der Waals surface area contributed by atoms with Crippen LogP contribution in [0.15, 0.2) is 34.9 Å². The van der Waals surface area contributed by atoms with Crippen LogP contribution >= 0.6 is 0 Å². The maximum atomic E-state index is 12.0. The summed E-state index contributed by atoms with van der Waals surface area (Å²) in [5.41, 5.74) is 1.03. The second kappa shape index (κ2) is 6.96. The summed E-state index contributed by atoms with van der Waals surface area (Å²) in [6.07, 6.45) is 4.50. The number of hydrogen-bond acceptors (Lipinski definition) is 4. The maximum Gasteiger partial charge on any atom is 0.335 e. The molecule has 7 heteroatoms. The van der Waals surface area contributed by atoms with Crippen molar-refractivity contribution in [3.63, 3.8) is 0 Å². The third-order valence-electron chi connectivity index (χ3n) is 4.71. The molecule has 1 saturated carbocycles. The molecule has 0 spiro atoms. The third kappa shape index (κ3) is 3.99. The second-order valence-electron chi connectivity index (χ2n) is 6.65. The maximum absolute atomic E-state index is 12.0. The molecular formula is C18H21N3O4. The summed E-state index contributed by atoms with van der Waals surface area (Å²) >= 11 is 0. The Bertz CT molecular complexity index is 761. The van der Waals surface area contributed by atoms with Gasteiger partial charge in [-0.3, -0.25) is 5.32 Å². The van der Waals surface area contributed by atoms with Crippen molar-refractivity contribution in [3.05, 3.63) is 47.2 Å². The van der Waals surface area contributed by atoms with Crippen molar-refractivity contribution >= 4 is 17.8 Å². The third-order valence-corrected chi connectivity index (χ3v) is 4.71. The lowest BCUT2D eigenvalue weighted by Crippen LogP contribution is -2.28. The summed E-state index contributed by atoms with van der Waals surface area (Å²) in [4.78, 5) is 22.8. The molecule has 0 radical (unpaired) electrons. The molecule has 2 amide bonds.